The molecule has 0 radical (unpaired) electrons. The summed E-state index contributed by atoms with van der Waals surface area (Å²) in [5.74, 6) is 0. The number of aromatic nitrogens is 1. The Kier molecular flexibility index (Phi) is 4.85. The molecule has 0 amide bonds. The van der Waals surface area contributed by atoms with Crippen LogP contribution in [-0.4, -0.2) is 11.1 Å². The van der Waals surface area contributed by atoms with E-state index in [4.69, 9.17) is 0 Å². The number of fused-ring (bicyclic) bond motifs is 4. The Morgan fingerprint density at radius 3 is 2.48 bits per heavy atom. The van der Waals surface area contributed by atoms with Crippen molar-refractivity contribution in [1.29, 1.82) is 0 Å². The summed E-state index contributed by atoms with van der Waals surface area (Å²) in [6, 6.07) is 16.8. The lowest BCUT2D eigenvalue weighted by atomic mass is 9.99. The SMILES string of the molecule is CCCCCCNc1cn(C)c2ccc3cc4ccccc4cc3c2c1=O. The number of pyridine rings is 1. The van der Waals surface area contributed by atoms with E-state index in [9.17, 15) is 4.79 Å². The van der Waals surface area contributed by atoms with E-state index in [1.54, 1.807) is 0 Å². The van der Waals surface area contributed by atoms with Gasteiger partial charge in [0.05, 0.1) is 16.6 Å². The van der Waals surface area contributed by atoms with E-state index in [0.717, 1.165) is 40.0 Å². The zero-order valence-corrected chi connectivity index (χ0v) is 16.1. The first-order valence-electron chi connectivity index (χ1n) is 9.88. The number of aryl methyl sites for hydroxylation is 1. The van der Waals surface area contributed by atoms with Crippen molar-refractivity contribution in [1.82, 2.24) is 4.57 Å². The number of nitrogens with one attached hydrogen (secondary N) is 1. The molecule has 0 saturated heterocycles. The third kappa shape index (κ3) is 3.30. The van der Waals surface area contributed by atoms with Gasteiger partial charge in [0.2, 0.25) is 5.43 Å². The number of unbranched alkanes of at least 4 members (excludes halogenated alkanes) is 3. The number of rotatable bonds is 6. The molecule has 0 unspecified atom stereocenters. The second-order valence-corrected chi connectivity index (χ2v) is 7.35. The largest absolute Gasteiger partial charge is 0.381 e. The summed E-state index contributed by atoms with van der Waals surface area (Å²) < 4.78 is 2.06. The Hall–Kier alpha value is -2.81. The Morgan fingerprint density at radius 1 is 0.926 bits per heavy atom. The molecule has 0 aliphatic heterocycles. The first kappa shape index (κ1) is 17.6. The van der Waals surface area contributed by atoms with Crippen molar-refractivity contribution in [2.24, 2.45) is 7.05 Å². The molecular formula is C24H26N2O. The highest BCUT2D eigenvalue weighted by Gasteiger charge is 2.11. The second-order valence-electron chi connectivity index (χ2n) is 7.35. The van der Waals surface area contributed by atoms with Gasteiger partial charge in [-0.25, -0.2) is 0 Å². The Morgan fingerprint density at radius 2 is 1.70 bits per heavy atom. The molecule has 1 N–H and O–H groups in total. The fraction of sp³-hybridized carbons (Fsp3) is 0.292. The fourth-order valence-corrected chi connectivity index (χ4v) is 3.89. The number of nitrogens with zero attached hydrogens (tertiary/aromatic N) is 1. The Bertz CT molecular complexity index is 1170. The molecule has 0 saturated carbocycles. The molecule has 4 aromatic rings. The van der Waals surface area contributed by atoms with Gasteiger partial charge in [-0.15, -0.1) is 0 Å². The predicted octanol–water partition coefficient (Wildman–Crippen LogP) is 5.84. The summed E-state index contributed by atoms with van der Waals surface area (Å²) in [6.45, 7) is 3.05. The van der Waals surface area contributed by atoms with Gasteiger partial charge in [0.1, 0.15) is 0 Å². The van der Waals surface area contributed by atoms with E-state index in [2.05, 4.69) is 59.3 Å². The maximum atomic E-state index is 13.3. The molecule has 1 heterocycles. The third-order valence-corrected chi connectivity index (χ3v) is 5.38. The summed E-state index contributed by atoms with van der Waals surface area (Å²) in [5, 5.41) is 8.68. The van der Waals surface area contributed by atoms with Crippen LogP contribution >= 0.6 is 0 Å². The third-order valence-electron chi connectivity index (χ3n) is 5.38. The number of hydrogen-bond donors (Lipinski definition) is 1. The van der Waals surface area contributed by atoms with Crippen LogP contribution in [0.2, 0.25) is 0 Å². The van der Waals surface area contributed by atoms with Gasteiger partial charge in [-0.05, 0) is 46.2 Å². The molecule has 27 heavy (non-hydrogen) atoms. The minimum Gasteiger partial charge on any atom is -0.381 e. The first-order chi connectivity index (χ1) is 13.2. The standard InChI is InChI=1S/C24H26N2O/c1-3-4-5-8-13-25-21-16-26(2)22-12-11-19-14-17-9-6-7-10-18(17)15-20(19)23(22)24(21)27/h6-7,9-12,14-16,25H,3-5,8,13H2,1-2H3. The van der Waals surface area contributed by atoms with Crippen molar-refractivity contribution in [2.75, 3.05) is 11.9 Å². The topological polar surface area (TPSA) is 34.0 Å². The highest BCUT2D eigenvalue weighted by Crippen LogP contribution is 2.28. The predicted molar refractivity (Wildman–Crippen MR) is 117 cm³/mol. The minimum atomic E-state index is 0.0967. The maximum absolute atomic E-state index is 13.3. The van der Waals surface area contributed by atoms with Gasteiger partial charge in [-0.3, -0.25) is 4.79 Å². The van der Waals surface area contributed by atoms with Crippen LogP contribution in [0.25, 0.3) is 32.4 Å². The number of hydrogen-bond acceptors (Lipinski definition) is 2. The van der Waals surface area contributed by atoms with Crippen molar-refractivity contribution < 1.29 is 0 Å². The number of benzene rings is 3. The zero-order valence-electron chi connectivity index (χ0n) is 16.1. The van der Waals surface area contributed by atoms with Gasteiger partial charge >= 0.3 is 0 Å². The minimum absolute atomic E-state index is 0.0967. The van der Waals surface area contributed by atoms with Crippen LogP contribution in [0, 0.1) is 0 Å². The molecule has 0 bridgehead atoms. The van der Waals surface area contributed by atoms with Crippen molar-refractivity contribution in [3.63, 3.8) is 0 Å². The maximum Gasteiger partial charge on any atom is 0.213 e. The van der Waals surface area contributed by atoms with E-state index >= 15 is 0 Å². The molecule has 0 aliphatic carbocycles. The van der Waals surface area contributed by atoms with Crippen LogP contribution in [0.4, 0.5) is 5.69 Å². The summed E-state index contributed by atoms with van der Waals surface area (Å²) >= 11 is 0. The van der Waals surface area contributed by atoms with Crippen molar-refractivity contribution in [3.05, 3.63) is 65.0 Å². The van der Waals surface area contributed by atoms with Gasteiger partial charge < -0.3 is 9.88 Å². The first-order valence-corrected chi connectivity index (χ1v) is 9.88. The van der Waals surface area contributed by atoms with E-state index in [1.807, 2.05) is 19.3 Å². The van der Waals surface area contributed by atoms with Gasteiger partial charge in [0, 0.05) is 19.8 Å². The molecule has 138 valence electrons. The van der Waals surface area contributed by atoms with Gasteiger partial charge in [0.25, 0.3) is 0 Å². The van der Waals surface area contributed by atoms with Crippen LogP contribution in [0.3, 0.4) is 0 Å². The molecule has 0 fully saturated rings. The molecule has 3 nitrogen and oxygen atoms in total. The van der Waals surface area contributed by atoms with Crippen LogP contribution in [-0.2, 0) is 7.05 Å². The average molecular weight is 358 g/mol. The second kappa shape index (κ2) is 7.43. The molecule has 0 atom stereocenters. The van der Waals surface area contributed by atoms with Crippen molar-refractivity contribution in [3.8, 4) is 0 Å². The van der Waals surface area contributed by atoms with Crippen LogP contribution in [0.1, 0.15) is 32.6 Å². The molecule has 1 aromatic heterocycles. The summed E-state index contributed by atoms with van der Waals surface area (Å²) in [7, 11) is 2.01. The summed E-state index contributed by atoms with van der Waals surface area (Å²) in [6.07, 6.45) is 6.69. The normalized spacial score (nSPS) is 11.5. The smallest absolute Gasteiger partial charge is 0.213 e. The molecule has 3 aromatic carbocycles. The van der Waals surface area contributed by atoms with E-state index in [0.29, 0.717) is 5.69 Å². The van der Waals surface area contributed by atoms with Crippen molar-refractivity contribution >= 4 is 38.1 Å². The van der Waals surface area contributed by atoms with Gasteiger partial charge in [0.15, 0.2) is 0 Å². The zero-order chi connectivity index (χ0) is 18.8. The molecule has 0 spiro atoms. The van der Waals surface area contributed by atoms with Crippen LogP contribution in [0.15, 0.2) is 59.5 Å². The van der Waals surface area contributed by atoms with Crippen LogP contribution < -0.4 is 10.7 Å². The van der Waals surface area contributed by atoms with E-state index in [-0.39, 0.29) is 5.43 Å². The molecule has 4 rings (SSSR count). The average Bonchev–Trinajstić information content (AvgIpc) is 2.69. The summed E-state index contributed by atoms with van der Waals surface area (Å²) in [4.78, 5) is 13.3. The van der Waals surface area contributed by atoms with Crippen molar-refractivity contribution in [2.45, 2.75) is 32.6 Å². The summed E-state index contributed by atoms with van der Waals surface area (Å²) in [5.41, 5.74) is 1.76. The molecule has 0 aliphatic rings. The molecule has 3 heteroatoms. The Labute approximate surface area is 159 Å². The lowest BCUT2D eigenvalue weighted by Gasteiger charge is -2.13. The van der Waals surface area contributed by atoms with E-state index in [1.165, 1.54) is 24.6 Å². The van der Waals surface area contributed by atoms with E-state index < -0.39 is 0 Å². The molecular weight excluding hydrogens is 332 g/mol. The highest BCUT2D eigenvalue weighted by molar-refractivity contribution is 6.11. The number of anilines is 1. The quantitative estimate of drug-likeness (QED) is 0.267. The van der Waals surface area contributed by atoms with Gasteiger partial charge in [-0.2, -0.15) is 0 Å². The van der Waals surface area contributed by atoms with Gasteiger partial charge in [-0.1, -0.05) is 56.5 Å². The monoisotopic (exact) mass is 358 g/mol. The Balaban J connectivity index is 1.85. The van der Waals surface area contributed by atoms with Crippen LogP contribution in [0.5, 0.6) is 0 Å². The lowest BCUT2D eigenvalue weighted by molar-refractivity contribution is 0.684. The lowest BCUT2D eigenvalue weighted by Crippen LogP contribution is -2.16. The fourth-order valence-electron chi connectivity index (χ4n) is 3.89. The highest BCUT2D eigenvalue weighted by atomic mass is 16.1.